The molecule has 0 aliphatic rings. The Morgan fingerprint density at radius 3 is 2.00 bits per heavy atom. The molecule has 0 saturated carbocycles. The molecule has 0 aromatic heterocycles. The Labute approximate surface area is 59.7 Å². The Morgan fingerprint density at radius 2 is 1.67 bits per heavy atom. The quantitative estimate of drug-likeness (QED) is 0.254. The zero-order chi connectivity index (χ0) is 7.33. The fraction of sp³-hybridized carbons (Fsp3) is 1.00. The highest BCUT2D eigenvalue weighted by atomic mass is 32.1. The molecule has 0 aromatic rings. The highest BCUT2D eigenvalue weighted by Crippen LogP contribution is 2.06. The lowest BCUT2D eigenvalue weighted by molar-refractivity contribution is -0.314. The van der Waals surface area contributed by atoms with Crippen LogP contribution in [0.5, 0.6) is 0 Å². The van der Waals surface area contributed by atoms with Gasteiger partial charge in [0.2, 0.25) is 0 Å². The summed E-state index contributed by atoms with van der Waals surface area (Å²) in [6.07, 6.45) is 1.35. The SMILES string of the molecule is OC(O)(O)CCCCS. The Kier molecular flexibility index (Phi) is 4.22. The van der Waals surface area contributed by atoms with Gasteiger partial charge < -0.3 is 15.3 Å². The smallest absolute Gasteiger partial charge is 0.275 e. The number of unbranched alkanes of at least 4 members (excludes halogenated alkanes) is 1. The van der Waals surface area contributed by atoms with Gasteiger partial charge in [-0.1, -0.05) is 0 Å². The molecule has 0 fully saturated rings. The molecule has 0 aliphatic heterocycles. The molecule has 0 saturated heterocycles. The molecule has 0 bridgehead atoms. The van der Waals surface area contributed by atoms with E-state index in [-0.39, 0.29) is 6.42 Å². The molecule has 0 aromatic carbocycles. The van der Waals surface area contributed by atoms with Crippen molar-refractivity contribution in [1.82, 2.24) is 0 Å². The van der Waals surface area contributed by atoms with Crippen molar-refractivity contribution in [2.75, 3.05) is 5.75 Å². The van der Waals surface area contributed by atoms with Crippen molar-refractivity contribution in [3.05, 3.63) is 0 Å². The van der Waals surface area contributed by atoms with E-state index in [4.69, 9.17) is 15.3 Å². The molecule has 0 unspecified atom stereocenters. The van der Waals surface area contributed by atoms with Gasteiger partial charge in [0, 0.05) is 6.42 Å². The van der Waals surface area contributed by atoms with E-state index in [0.29, 0.717) is 12.2 Å². The predicted molar refractivity (Wildman–Crippen MR) is 37.1 cm³/mol. The van der Waals surface area contributed by atoms with Crippen LogP contribution in [0.4, 0.5) is 0 Å². The molecule has 0 aliphatic carbocycles. The van der Waals surface area contributed by atoms with Gasteiger partial charge in [-0.05, 0) is 18.6 Å². The topological polar surface area (TPSA) is 60.7 Å². The molecule has 56 valence electrons. The Morgan fingerprint density at radius 1 is 1.11 bits per heavy atom. The third-order valence-corrected chi connectivity index (χ3v) is 1.24. The maximum absolute atomic E-state index is 8.33. The van der Waals surface area contributed by atoms with Crippen molar-refractivity contribution < 1.29 is 15.3 Å². The van der Waals surface area contributed by atoms with Gasteiger partial charge in [0.1, 0.15) is 0 Å². The zero-order valence-corrected chi connectivity index (χ0v) is 6.01. The van der Waals surface area contributed by atoms with Crippen molar-refractivity contribution in [1.29, 1.82) is 0 Å². The third-order valence-electron chi connectivity index (χ3n) is 0.920. The van der Waals surface area contributed by atoms with Crippen molar-refractivity contribution >= 4 is 12.6 Å². The van der Waals surface area contributed by atoms with Gasteiger partial charge in [-0.25, -0.2) is 0 Å². The van der Waals surface area contributed by atoms with Crippen LogP contribution in [0, 0.1) is 0 Å². The predicted octanol–water partition coefficient (Wildman–Crippen LogP) is -0.283. The molecule has 3 N–H and O–H groups in total. The molecule has 0 amide bonds. The van der Waals surface area contributed by atoms with Gasteiger partial charge in [0.05, 0.1) is 0 Å². The van der Waals surface area contributed by atoms with Gasteiger partial charge in [-0.2, -0.15) is 12.6 Å². The lowest BCUT2D eigenvalue weighted by Crippen LogP contribution is -2.26. The van der Waals surface area contributed by atoms with Crippen LogP contribution in [0.25, 0.3) is 0 Å². The maximum atomic E-state index is 8.33. The highest BCUT2D eigenvalue weighted by molar-refractivity contribution is 7.80. The van der Waals surface area contributed by atoms with Gasteiger partial charge in [-0.15, -0.1) is 0 Å². The van der Waals surface area contributed by atoms with Crippen LogP contribution in [0.1, 0.15) is 19.3 Å². The van der Waals surface area contributed by atoms with Crippen LogP contribution >= 0.6 is 12.6 Å². The first kappa shape index (κ1) is 9.23. The van der Waals surface area contributed by atoms with Crippen molar-refractivity contribution in [3.8, 4) is 0 Å². The third kappa shape index (κ3) is 8.23. The Hall–Kier alpha value is 0.230. The molecule has 3 nitrogen and oxygen atoms in total. The monoisotopic (exact) mass is 152 g/mol. The summed E-state index contributed by atoms with van der Waals surface area (Å²) in [7, 11) is 0. The van der Waals surface area contributed by atoms with Crippen molar-refractivity contribution in [2.45, 2.75) is 25.2 Å². The summed E-state index contributed by atoms with van der Waals surface area (Å²) in [5.74, 6) is -1.78. The van der Waals surface area contributed by atoms with Gasteiger partial charge in [0.15, 0.2) is 0 Å². The van der Waals surface area contributed by atoms with E-state index < -0.39 is 5.97 Å². The molecule has 0 radical (unpaired) electrons. The Balaban J connectivity index is 3.07. The van der Waals surface area contributed by atoms with E-state index in [9.17, 15) is 0 Å². The second kappa shape index (κ2) is 4.11. The molecule has 0 rings (SSSR count). The van der Waals surface area contributed by atoms with Crippen LogP contribution in [0.15, 0.2) is 0 Å². The molecule has 0 spiro atoms. The molecule has 4 heteroatoms. The first-order valence-corrected chi connectivity index (χ1v) is 3.47. The fourth-order valence-corrected chi connectivity index (χ4v) is 0.698. The number of rotatable bonds is 4. The standard InChI is InChI=1S/C5H12O3S/c6-5(7,8)3-1-2-4-9/h6-9H,1-4H2. The molecule has 0 atom stereocenters. The second-order valence-electron chi connectivity index (χ2n) is 1.96. The minimum absolute atomic E-state index is 0.00639. The van der Waals surface area contributed by atoms with E-state index in [1.54, 1.807) is 0 Å². The number of thiol groups is 1. The van der Waals surface area contributed by atoms with Crippen molar-refractivity contribution in [3.63, 3.8) is 0 Å². The number of hydrogen-bond acceptors (Lipinski definition) is 4. The normalized spacial score (nSPS) is 12.0. The first-order valence-electron chi connectivity index (χ1n) is 2.84. The lowest BCUT2D eigenvalue weighted by Gasteiger charge is -2.12. The summed E-state index contributed by atoms with van der Waals surface area (Å²) in [5, 5.41) is 25.0. The van der Waals surface area contributed by atoms with E-state index in [1.807, 2.05) is 0 Å². The zero-order valence-electron chi connectivity index (χ0n) is 5.12. The van der Waals surface area contributed by atoms with Crippen LogP contribution in [-0.2, 0) is 0 Å². The van der Waals surface area contributed by atoms with Crippen LogP contribution in [-0.4, -0.2) is 27.0 Å². The fourth-order valence-electron chi connectivity index (χ4n) is 0.474. The molecular weight excluding hydrogens is 140 g/mol. The van der Waals surface area contributed by atoms with E-state index in [2.05, 4.69) is 12.6 Å². The van der Waals surface area contributed by atoms with E-state index >= 15 is 0 Å². The summed E-state index contributed by atoms with van der Waals surface area (Å²) < 4.78 is 0. The maximum Gasteiger partial charge on any atom is 0.275 e. The Bertz CT molecular complexity index is 69.1. The van der Waals surface area contributed by atoms with Gasteiger partial charge >= 0.3 is 0 Å². The minimum atomic E-state index is -2.48. The molecule has 9 heavy (non-hydrogen) atoms. The summed E-state index contributed by atoms with van der Waals surface area (Å²) in [4.78, 5) is 0. The van der Waals surface area contributed by atoms with Crippen LogP contribution in [0.2, 0.25) is 0 Å². The molecular formula is C5H12O3S. The van der Waals surface area contributed by atoms with Crippen molar-refractivity contribution in [2.24, 2.45) is 0 Å². The van der Waals surface area contributed by atoms with Gasteiger partial charge in [-0.3, -0.25) is 0 Å². The second-order valence-corrected chi connectivity index (χ2v) is 2.40. The number of aliphatic hydroxyl groups is 3. The van der Waals surface area contributed by atoms with E-state index in [1.165, 1.54) is 0 Å². The minimum Gasteiger partial charge on any atom is -0.344 e. The lowest BCUT2D eigenvalue weighted by atomic mass is 10.2. The van der Waals surface area contributed by atoms with Crippen LogP contribution in [0.3, 0.4) is 0 Å². The highest BCUT2D eigenvalue weighted by Gasteiger charge is 2.15. The van der Waals surface area contributed by atoms with E-state index in [0.717, 1.165) is 6.42 Å². The summed E-state index contributed by atoms with van der Waals surface area (Å²) >= 11 is 3.91. The molecule has 0 heterocycles. The van der Waals surface area contributed by atoms with Crippen LogP contribution < -0.4 is 0 Å². The average Bonchev–Trinajstić information content (AvgIpc) is 1.63. The summed E-state index contributed by atoms with van der Waals surface area (Å²) in [6.45, 7) is 0. The largest absolute Gasteiger partial charge is 0.344 e. The van der Waals surface area contributed by atoms with Gasteiger partial charge in [0.25, 0.3) is 5.97 Å². The number of hydrogen-bond donors (Lipinski definition) is 4. The summed E-state index contributed by atoms with van der Waals surface area (Å²) in [5.41, 5.74) is 0. The first-order chi connectivity index (χ1) is 4.06. The average molecular weight is 152 g/mol. The summed E-state index contributed by atoms with van der Waals surface area (Å²) in [6, 6.07) is 0.